The van der Waals surface area contributed by atoms with Crippen LogP contribution in [0.2, 0.25) is 5.02 Å². The smallest absolute Gasteiger partial charge is 0.325 e. The Morgan fingerprint density at radius 3 is 2.69 bits per heavy atom. The third kappa shape index (κ3) is 3.06. The van der Waals surface area contributed by atoms with Gasteiger partial charge in [-0.2, -0.15) is 0 Å². The van der Waals surface area contributed by atoms with E-state index in [1.807, 2.05) is 0 Å². The molecule has 1 aromatic heterocycles. The Morgan fingerprint density at radius 2 is 2.15 bits per heavy atom. The van der Waals surface area contributed by atoms with Crippen LogP contribution in [0.25, 0.3) is 0 Å². The van der Waals surface area contributed by atoms with Gasteiger partial charge in [0.1, 0.15) is 17.3 Å². The molecule has 0 unspecified atom stereocenters. The van der Waals surface area contributed by atoms with Crippen molar-refractivity contribution in [2.24, 2.45) is 23.2 Å². The van der Waals surface area contributed by atoms with Gasteiger partial charge >= 0.3 is 5.97 Å². The Labute approximate surface area is 157 Å². The van der Waals surface area contributed by atoms with Gasteiger partial charge in [-0.25, -0.2) is 4.68 Å². The van der Waals surface area contributed by atoms with Crippen LogP contribution >= 0.6 is 11.6 Å². The second-order valence-corrected chi connectivity index (χ2v) is 8.37. The van der Waals surface area contributed by atoms with Crippen molar-refractivity contribution in [2.75, 3.05) is 11.9 Å². The zero-order chi connectivity index (χ0) is 19.2. The summed E-state index contributed by atoms with van der Waals surface area (Å²) in [4.78, 5) is 23.3. The molecule has 2 N–H and O–H groups in total. The fraction of sp³-hybridized carbons (Fsp3) is 0.722. The molecule has 2 bridgehead atoms. The van der Waals surface area contributed by atoms with Crippen molar-refractivity contribution in [3.63, 3.8) is 0 Å². The normalized spacial score (nSPS) is 29.0. The number of nitrogens with zero attached hydrogens (tertiary/aromatic N) is 2. The first kappa shape index (κ1) is 19.0. The van der Waals surface area contributed by atoms with Crippen LogP contribution < -0.4 is 15.6 Å². The van der Waals surface area contributed by atoms with Crippen molar-refractivity contribution in [3.8, 4) is 5.88 Å². The summed E-state index contributed by atoms with van der Waals surface area (Å²) in [5.74, 6) is 0.720. The van der Waals surface area contributed by atoms with Gasteiger partial charge in [0.15, 0.2) is 0 Å². The summed E-state index contributed by atoms with van der Waals surface area (Å²) in [6.07, 6.45) is 2.25. The number of anilines is 1. The minimum atomic E-state index is -1.16. The maximum Gasteiger partial charge on any atom is 0.325 e. The molecule has 3 fully saturated rings. The van der Waals surface area contributed by atoms with Gasteiger partial charge in [-0.1, -0.05) is 32.4 Å². The molecule has 0 aromatic carbocycles. The lowest BCUT2D eigenvalue weighted by Crippen LogP contribution is -2.58. The van der Waals surface area contributed by atoms with E-state index >= 15 is 0 Å². The van der Waals surface area contributed by atoms with Gasteiger partial charge in [-0.05, 0) is 42.9 Å². The minimum absolute atomic E-state index is 0.0737. The minimum Gasteiger partial charge on any atom is -0.480 e. The third-order valence-electron chi connectivity index (χ3n) is 6.32. The second-order valence-electron chi connectivity index (χ2n) is 7.99. The van der Waals surface area contributed by atoms with Crippen LogP contribution in [0.15, 0.2) is 4.79 Å². The van der Waals surface area contributed by atoms with Crippen LogP contribution in [0.1, 0.15) is 40.5 Å². The maximum absolute atomic E-state index is 12.4. The Bertz CT molecular complexity index is 776. The van der Waals surface area contributed by atoms with Crippen LogP contribution in [0.4, 0.5) is 5.69 Å². The van der Waals surface area contributed by atoms with Crippen molar-refractivity contribution in [3.05, 3.63) is 15.4 Å². The van der Waals surface area contributed by atoms with Crippen LogP contribution in [-0.2, 0) is 11.3 Å². The predicted molar refractivity (Wildman–Crippen MR) is 98.9 cm³/mol. The number of carboxylic acids is 1. The SMILES string of the molecule is CCOc1nn(CC(=O)O)c(=O)c(Cl)c1N[C@@H]1C[C@@H]2C[C@H]([C@H]1C)C2(C)C. The molecular formula is C18H26ClN3O4. The molecule has 1 aromatic rings. The van der Waals surface area contributed by atoms with Gasteiger partial charge in [-0.3, -0.25) is 9.59 Å². The molecular weight excluding hydrogens is 358 g/mol. The average molecular weight is 384 g/mol. The number of aromatic nitrogens is 2. The van der Waals surface area contributed by atoms with E-state index in [1.165, 1.54) is 6.42 Å². The number of rotatable bonds is 6. The maximum atomic E-state index is 12.4. The van der Waals surface area contributed by atoms with Gasteiger partial charge in [-0.15, -0.1) is 5.10 Å². The van der Waals surface area contributed by atoms with Crippen molar-refractivity contribution in [1.29, 1.82) is 0 Å². The lowest BCUT2D eigenvalue weighted by atomic mass is 9.45. The van der Waals surface area contributed by atoms with Crippen LogP contribution in [0.5, 0.6) is 5.88 Å². The number of carbonyl (C=O) groups is 1. The summed E-state index contributed by atoms with van der Waals surface area (Å²) < 4.78 is 6.37. The quantitative estimate of drug-likeness (QED) is 0.784. The van der Waals surface area contributed by atoms with Crippen LogP contribution in [0, 0.1) is 23.2 Å². The van der Waals surface area contributed by atoms with E-state index < -0.39 is 18.1 Å². The van der Waals surface area contributed by atoms with Gasteiger partial charge in [0.25, 0.3) is 11.4 Å². The summed E-state index contributed by atoms with van der Waals surface area (Å²) in [6.45, 7) is 8.45. The highest BCUT2D eigenvalue weighted by Crippen LogP contribution is 2.61. The number of aliphatic carboxylic acids is 1. The lowest BCUT2D eigenvalue weighted by molar-refractivity contribution is -0.138. The molecule has 3 aliphatic rings. The molecule has 3 saturated carbocycles. The summed E-state index contributed by atoms with van der Waals surface area (Å²) in [7, 11) is 0. The fourth-order valence-corrected chi connectivity index (χ4v) is 4.88. The van der Waals surface area contributed by atoms with E-state index in [1.54, 1.807) is 6.92 Å². The molecule has 0 radical (unpaired) electrons. The number of fused-ring (bicyclic) bond motifs is 2. The fourth-order valence-electron chi connectivity index (χ4n) is 4.64. The van der Waals surface area contributed by atoms with Crippen molar-refractivity contribution in [1.82, 2.24) is 9.78 Å². The zero-order valence-electron chi connectivity index (χ0n) is 15.6. The molecule has 0 aliphatic heterocycles. The van der Waals surface area contributed by atoms with E-state index in [9.17, 15) is 9.59 Å². The van der Waals surface area contributed by atoms with Crippen molar-refractivity contribution in [2.45, 2.75) is 53.1 Å². The highest BCUT2D eigenvalue weighted by atomic mass is 35.5. The third-order valence-corrected chi connectivity index (χ3v) is 6.67. The van der Waals surface area contributed by atoms with Gasteiger partial charge < -0.3 is 15.2 Å². The van der Waals surface area contributed by atoms with Crippen molar-refractivity contribution >= 4 is 23.3 Å². The molecule has 4 rings (SSSR count). The molecule has 26 heavy (non-hydrogen) atoms. The second kappa shape index (κ2) is 6.76. The monoisotopic (exact) mass is 383 g/mol. The van der Waals surface area contributed by atoms with Crippen LogP contribution in [0.3, 0.4) is 0 Å². The predicted octanol–water partition coefficient (Wildman–Crippen LogP) is 2.86. The van der Waals surface area contributed by atoms with Gasteiger partial charge in [0.05, 0.1) is 6.61 Å². The Morgan fingerprint density at radius 1 is 1.46 bits per heavy atom. The van der Waals surface area contributed by atoms with E-state index in [-0.39, 0.29) is 16.9 Å². The van der Waals surface area contributed by atoms with Crippen LogP contribution in [-0.4, -0.2) is 33.5 Å². The molecule has 8 heteroatoms. The Kier molecular flexibility index (Phi) is 4.94. The number of hydrogen-bond donors (Lipinski definition) is 2. The summed E-state index contributed by atoms with van der Waals surface area (Å²) in [5, 5.41) is 16.3. The molecule has 144 valence electrons. The molecule has 4 atom stereocenters. The number of ether oxygens (including phenoxy) is 1. The average Bonchev–Trinajstić information content (AvgIpc) is 2.56. The van der Waals surface area contributed by atoms with Crippen molar-refractivity contribution < 1.29 is 14.6 Å². The van der Waals surface area contributed by atoms with E-state index in [0.717, 1.165) is 11.1 Å². The van der Waals surface area contributed by atoms with Gasteiger partial charge in [0, 0.05) is 6.04 Å². The topological polar surface area (TPSA) is 93.5 Å². The molecule has 7 nitrogen and oxygen atoms in total. The number of carboxylic acid groups (broad SMARTS) is 1. The number of hydrogen-bond acceptors (Lipinski definition) is 5. The number of halogens is 1. The molecule has 0 saturated heterocycles. The van der Waals surface area contributed by atoms with Gasteiger partial charge in [0.2, 0.25) is 0 Å². The first-order valence-electron chi connectivity index (χ1n) is 9.08. The van der Waals surface area contributed by atoms with E-state index in [2.05, 4.69) is 31.2 Å². The zero-order valence-corrected chi connectivity index (χ0v) is 16.3. The standard InChI is InChI=1S/C18H26ClN3O4/c1-5-26-16-15(14(19)17(25)22(21-16)8-13(23)24)20-12-7-10-6-11(9(12)2)18(10,3)4/h9-12,20H,5-8H2,1-4H3,(H,23,24)/t9-,10+,11-,12-/m1/s1. The molecule has 1 heterocycles. The van der Waals surface area contributed by atoms with E-state index in [0.29, 0.717) is 35.5 Å². The first-order chi connectivity index (χ1) is 12.2. The molecule has 0 spiro atoms. The number of nitrogens with one attached hydrogen (secondary N) is 1. The van der Waals surface area contributed by atoms with E-state index in [4.69, 9.17) is 21.4 Å². The highest BCUT2D eigenvalue weighted by molar-refractivity contribution is 6.33. The first-order valence-corrected chi connectivity index (χ1v) is 9.46. The molecule has 0 amide bonds. The Hall–Kier alpha value is -1.76. The lowest BCUT2D eigenvalue weighted by Gasteiger charge is -2.62. The Balaban J connectivity index is 1.91. The summed E-state index contributed by atoms with van der Waals surface area (Å²) in [6, 6.07) is 0.181. The summed E-state index contributed by atoms with van der Waals surface area (Å²) in [5.41, 5.74) is 0.0953. The molecule has 3 aliphatic carbocycles. The summed E-state index contributed by atoms with van der Waals surface area (Å²) >= 11 is 6.28. The largest absolute Gasteiger partial charge is 0.480 e. The highest BCUT2D eigenvalue weighted by Gasteiger charge is 2.56.